The molecule has 2 aromatic rings. The van der Waals surface area contributed by atoms with Gasteiger partial charge < -0.3 is 4.74 Å². The quantitative estimate of drug-likeness (QED) is 0.725. The Kier molecular flexibility index (Phi) is 4.64. The SMILES string of the molecule is COc1ccc(S(N)(=O)=O)cc1C(=O)Nc1nnc(C23CC4CC(CC(C4)C2)C3)s1. The maximum Gasteiger partial charge on any atom is 0.261 e. The second-order valence-electron chi connectivity index (χ2n) is 8.97. The topological polar surface area (TPSA) is 124 Å². The molecule has 160 valence electrons. The molecule has 6 rings (SSSR count). The Hall–Kier alpha value is -2.04. The molecule has 1 aromatic carbocycles. The molecule has 1 aromatic heterocycles. The van der Waals surface area contributed by atoms with E-state index in [1.165, 1.54) is 75.2 Å². The van der Waals surface area contributed by atoms with Crippen molar-refractivity contribution in [2.45, 2.75) is 48.8 Å². The lowest BCUT2D eigenvalue weighted by Crippen LogP contribution is -2.48. The number of primary sulfonamides is 1. The molecule has 3 N–H and O–H groups in total. The Morgan fingerprint density at radius 1 is 1.17 bits per heavy atom. The van der Waals surface area contributed by atoms with Crippen molar-refractivity contribution in [3.8, 4) is 5.75 Å². The van der Waals surface area contributed by atoms with Crippen LogP contribution in [0.4, 0.5) is 5.13 Å². The lowest BCUT2D eigenvalue weighted by molar-refractivity contribution is -0.00555. The molecular formula is C20H24N4O4S2. The third kappa shape index (κ3) is 3.40. The number of carbonyl (C=O) groups is 1. The van der Waals surface area contributed by atoms with Crippen LogP contribution in [-0.2, 0) is 15.4 Å². The minimum absolute atomic E-state index is 0.0792. The molecule has 0 spiro atoms. The Morgan fingerprint density at radius 3 is 2.37 bits per heavy atom. The van der Waals surface area contributed by atoms with Crippen molar-refractivity contribution in [1.29, 1.82) is 0 Å². The lowest BCUT2D eigenvalue weighted by Gasteiger charge is -2.55. The Labute approximate surface area is 179 Å². The van der Waals surface area contributed by atoms with Crippen LogP contribution in [0.5, 0.6) is 5.75 Å². The summed E-state index contributed by atoms with van der Waals surface area (Å²) in [6.45, 7) is 0. The van der Waals surface area contributed by atoms with Gasteiger partial charge in [0.2, 0.25) is 15.2 Å². The molecule has 8 nitrogen and oxygen atoms in total. The fourth-order valence-electron chi connectivity index (χ4n) is 6.07. The van der Waals surface area contributed by atoms with Crippen LogP contribution in [0.3, 0.4) is 0 Å². The number of aromatic nitrogens is 2. The molecule has 0 saturated heterocycles. The second kappa shape index (κ2) is 7.00. The second-order valence-corrected chi connectivity index (χ2v) is 11.5. The molecule has 4 aliphatic rings. The van der Waals surface area contributed by atoms with Crippen LogP contribution in [0, 0.1) is 17.8 Å². The van der Waals surface area contributed by atoms with Crippen LogP contribution in [0.25, 0.3) is 0 Å². The molecule has 0 unspecified atom stereocenters. The maximum absolute atomic E-state index is 12.8. The summed E-state index contributed by atoms with van der Waals surface area (Å²) in [6, 6.07) is 3.93. The number of amides is 1. The number of hydrogen-bond donors (Lipinski definition) is 2. The minimum atomic E-state index is -3.94. The van der Waals surface area contributed by atoms with Crippen molar-refractivity contribution < 1.29 is 17.9 Å². The van der Waals surface area contributed by atoms with Gasteiger partial charge >= 0.3 is 0 Å². The molecule has 1 heterocycles. The molecule has 0 atom stereocenters. The Bertz CT molecular complexity index is 1080. The molecule has 4 bridgehead atoms. The first-order chi connectivity index (χ1) is 14.3. The monoisotopic (exact) mass is 448 g/mol. The highest BCUT2D eigenvalue weighted by molar-refractivity contribution is 7.89. The molecule has 10 heteroatoms. The predicted octanol–water partition coefficient (Wildman–Crippen LogP) is 2.91. The first-order valence-corrected chi connectivity index (χ1v) is 12.5. The fraction of sp³-hybridized carbons (Fsp3) is 0.550. The minimum Gasteiger partial charge on any atom is -0.496 e. The zero-order valence-corrected chi connectivity index (χ0v) is 18.3. The van der Waals surface area contributed by atoms with Gasteiger partial charge in [0.05, 0.1) is 17.6 Å². The number of methoxy groups -OCH3 is 1. The summed E-state index contributed by atoms with van der Waals surface area (Å²) >= 11 is 1.43. The number of nitrogens with one attached hydrogen (secondary N) is 1. The van der Waals surface area contributed by atoms with Crippen LogP contribution < -0.4 is 15.2 Å². The summed E-state index contributed by atoms with van der Waals surface area (Å²) in [7, 11) is -2.52. The standard InChI is InChI=1S/C20H24N4O4S2/c1-28-16-3-2-14(30(21,26)27)7-15(16)17(25)22-19-24-23-18(29-19)20-8-11-4-12(9-20)6-13(5-11)10-20/h2-3,7,11-13H,4-6,8-10H2,1H3,(H2,21,26,27)(H,22,24,25). The maximum atomic E-state index is 12.8. The molecule has 0 aliphatic heterocycles. The summed E-state index contributed by atoms with van der Waals surface area (Å²) in [4.78, 5) is 12.7. The normalized spacial score (nSPS) is 29.7. The summed E-state index contributed by atoms with van der Waals surface area (Å²) in [5.41, 5.74) is 0.191. The number of rotatable bonds is 5. The van der Waals surface area contributed by atoms with Crippen LogP contribution in [0.2, 0.25) is 0 Å². The fourth-order valence-corrected chi connectivity index (χ4v) is 7.56. The van der Waals surface area contributed by atoms with Crippen LogP contribution >= 0.6 is 11.3 Å². The van der Waals surface area contributed by atoms with Crippen molar-refractivity contribution in [1.82, 2.24) is 10.2 Å². The number of nitrogens with two attached hydrogens (primary N) is 1. The van der Waals surface area contributed by atoms with Gasteiger partial charge in [-0.25, -0.2) is 13.6 Å². The molecule has 4 fully saturated rings. The van der Waals surface area contributed by atoms with E-state index >= 15 is 0 Å². The van der Waals surface area contributed by atoms with Gasteiger partial charge in [-0.2, -0.15) is 0 Å². The molecular weight excluding hydrogens is 424 g/mol. The van der Waals surface area contributed by atoms with Gasteiger partial charge in [-0.05, 0) is 74.5 Å². The van der Waals surface area contributed by atoms with E-state index in [1.807, 2.05) is 0 Å². The van der Waals surface area contributed by atoms with Crippen molar-refractivity contribution in [3.05, 3.63) is 28.8 Å². The third-order valence-corrected chi connectivity index (χ3v) is 8.88. The van der Waals surface area contributed by atoms with E-state index in [0.29, 0.717) is 5.13 Å². The molecule has 4 saturated carbocycles. The number of carbonyl (C=O) groups excluding carboxylic acids is 1. The van der Waals surface area contributed by atoms with Crippen LogP contribution in [0.15, 0.2) is 23.1 Å². The highest BCUT2D eigenvalue weighted by atomic mass is 32.2. The van der Waals surface area contributed by atoms with Gasteiger partial charge in [0.15, 0.2) is 0 Å². The van der Waals surface area contributed by atoms with Crippen LogP contribution in [-0.4, -0.2) is 31.6 Å². The largest absolute Gasteiger partial charge is 0.496 e. The molecule has 0 radical (unpaired) electrons. The zero-order valence-electron chi connectivity index (χ0n) is 16.6. The molecule has 1 amide bonds. The van der Waals surface area contributed by atoms with Gasteiger partial charge in [-0.3, -0.25) is 10.1 Å². The first kappa shape index (κ1) is 19.9. The van der Waals surface area contributed by atoms with Crippen molar-refractivity contribution >= 4 is 32.4 Å². The third-order valence-electron chi connectivity index (χ3n) is 6.88. The summed E-state index contributed by atoms with van der Waals surface area (Å²) in [5, 5.41) is 18.1. The number of benzene rings is 1. The Balaban J connectivity index is 1.39. The number of nitrogens with zero attached hydrogens (tertiary/aromatic N) is 2. The van der Waals surface area contributed by atoms with Gasteiger partial charge in [0, 0.05) is 5.41 Å². The van der Waals surface area contributed by atoms with E-state index in [2.05, 4.69) is 15.5 Å². The van der Waals surface area contributed by atoms with E-state index in [1.54, 1.807) is 0 Å². The first-order valence-electron chi connectivity index (χ1n) is 10.1. The summed E-state index contributed by atoms with van der Waals surface area (Å²) in [6.07, 6.45) is 7.56. The Morgan fingerprint density at radius 2 is 1.80 bits per heavy atom. The van der Waals surface area contributed by atoms with Gasteiger partial charge in [0.1, 0.15) is 10.8 Å². The molecule has 4 aliphatic carbocycles. The highest BCUT2D eigenvalue weighted by Crippen LogP contribution is 2.61. The van der Waals surface area contributed by atoms with Gasteiger partial charge in [0.25, 0.3) is 5.91 Å². The van der Waals surface area contributed by atoms with Gasteiger partial charge in [-0.1, -0.05) is 11.3 Å². The average molecular weight is 449 g/mol. The lowest BCUT2D eigenvalue weighted by atomic mass is 9.50. The number of sulfonamides is 1. The van der Waals surface area contributed by atoms with E-state index in [0.717, 1.165) is 22.8 Å². The zero-order chi connectivity index (χ0) is 21.1. The molecule has 30 heavy (non-hydrogen) atoms. The van der Waals surface area contributed by atoms with Crippen molar-refractivity contribution in [3.63, 3.8) is 0 Å². The van der Waals surface area contributed by atoms with Crippen molar-refractivity contribution in [2.24, 2.45) is 22.9 Å². The predicted molar refractivity (Wildman–Crippen MR) is 112 cm³/mol. The van der Waals surface area contributed by atoms with Crippen LogP contribution in [0.1, 0.15) is 53.9 Å². The summed E-state index contributed by atoms with van der Waals surface area (Å²) in [5.74, 6) is 2.13. The average Bonchev–Trinajstić information content (AvgIpc) is 3.15. The van der Waals surface area contributed by atoms with Crippen molar-refractivity contribution in [2.75, 3.05) is 12.4 Å². The van der Waals surface area contributed by atoms with E-state index in [9.17, 15) is 13.2 Å². The van der Waals surface area contributed by atoms with E-state index in [-0.39, 0.29) is 21.6 Å². The number of anilines is 1. The van der Waals surface area contributed by atoms with Gasteiger partial charge in [-0.15, -0.1) is 10.2 Å². The number of ether oxygens (including phenoxy) is 1. The smallest absolute Gasteiger partial charge is 0.261 e. The number of hydrogen-bond acceptors (Lipinski definition) is 7. The highest BCUT2D eigenvalue weighted by Gasteiger charge is 2.53. The van der Waals surface area contributed by atoms with E-state index in [4.69, 9.17) is 9.88 Å². The van der Waals surface area contributed by atoms with E-state index < -0.39 is 15.9 Å². The summed E-state index contributed by atoms with van der Waals surface area (Å²) < 4.78 is 28.5.